The van der Waals surface area contributed by atoms with Crippen molar-refractivity contribution in [2.75, 3.05) is 0 Å². The number of imidazole rings is 1. The molecule has 30 heavy (non-hydrogen) atoms. The van der Waals surface area contributed by atoms with Crippen LogP contribution in [0.5, 0.6) is 0 Å². The maximum atomic E-state index is 14.1. The van der Waals surface area contributed by atoms with Gasteiger partial charge in [0.25, 0.3) is 0 Å². The zero-order chi connectivity index (χ0) is 21.9. The van der Waals surface area contributed by atoms with Gasteiger partial charge in [0.05, 0.1) is 12.7 Å². The van der Waals surface area contributed by atoms with Crippen molar-refractivity contribution in [1.29, 1.82) is 0 Å². The van der Waals surface area contributed by atoms with Crippen LogP contribution in [-0.2, 0) is 29.0 Å². The van der Waals surface area contributed by atoms with Crippen molar-refractivity contribution in [3.8, 4) is 0 Å². The van der Waals surface area contributed by atoms with E-state index < -0.39 is 35.4 Å². The van der Waals surface area contributed by atoms with Crippen molar-refractivity contribution in [1.82, 2.24) is 20.2 Å². The van der Waals surface area contributed by atoms with E-state index in [1.54, 1.807) is 27.0 Å². The van der Waals surface area contributed by atoms with Gasteiger partial charge in [-0.2, -0.15) is 0 Å². The van der Waals surface area contributed by atoms with Gasteiger partial charge in [0.1, 0.15) is 23.1 Å². The molecule has 0 fully saturated rings. The summed E-state index contributed by atoms with van der Waals surface area (Å²) in [5.41, 5.74) is -0.652. The number of carbonyl (C=O) groups is 2. The molecule has 1 unspecified atom stereocenters. The maximum Gasteiger partial charge on any atom is 0.407 e. The minimum atomic E-state index is -0.757. The molecule has 1 aromatic heterocycles. The summed E-state index contributed by atoms with van der Waals surface area (Å²) in [4.78, 5) is 29.4. The topological polar surface area (TPSA) is 85.2 Å². The highest BCUT2D eigenvalue weighted by atomic mass is 19.1. The Morgan fingerprint density at radius 2 is 2.13 bits per heavy atom. The highest BCUT2D eigenvalue weighted by Gasteiger charge is 2.29. The number of rotatable bonds is 6. The van der Waals surface area contributed by atoms with Crippen molar-refractivity contribution < 1.29 is 23.1 Å². The van der Waals surface area contributed by atoms with E-state index in [1.807, 2.05) is 10.8 Å². The number of amides is 1. The van der Waals surface area contributed by atoms with Gasteiger partial charge < -0.3 is 14.6 Å². The monoisotopic (exact) mass is 420 g/mol. The first kappa shape index (κ1) is 21.9. The van der Waals surface area contributed by atoms with E-state index in [4.69, 9.17) is 4.74 Å². The average Bonchev–Trinajstić information content (AvgIpc) is 3.10. The van der Waals surface area contributed by atoms with E-state index in [9.17, 15) is 18.4 Å². The Morgan fingerprint density at radius 3 is 2.87 bits per heavy atom. The molecule has 1 aliphatic heterocycles. The van der Waals surface area contributed by atoms with Crippen LogP contribution in [0, 0.1) is 11.6 Å². The molecule has 1 aromatic carbocycles. The Bertz CT molecular complexity index is 923. The summed E-state index contributed by atoms with van der Waals surface area (Å²) in [5, 5.41) is 5.77. The molecule has 2 atom stereocenters. The molecule has 0 bridgehead atoms. The van der Waals surface area contributed by atoms with Gasteiger partial charge >= 0.3 is 6.09 Å². The molecule has 9 heteroatoms. The molecule has 2 N–H and O–H groups in total. The smallest absolute Gasteiger partial charge is 0.407 e. The number of fused-ring (bicyclic) bond motifs is 1. The fourth-order valence-corrected chi connectivity index (χ4v) is 3.36. The summed E-state index contributed by atoms with van der Waals surface area (Å²) >= 11 is 0. The molecule has 1 aliphatic rings. The van der Waals surface area contributed by atoms with Crippen LogP contribution in [-0.4, -0.2) is 39.1 Å². The lowest BCUT2D eigenvalue weighted by Crippen LogP contribution is -2.48. The minimum Gasteiger partial charge on any atom is -0.444 e. The van der Waals surface area contributed by atoms with E-state index in [-0.39, 0.29) is 24.2 Å². The first-order chi connectivity index (χ1) is 14.1. The number of ketones is 1. The lowest BCUT2D eigenvalue weighted by atomic mass is 9.96. The van der Waals surface area contributed by atoms with Crippen LogP contribution >= 0.6 is 0 Å². The average molecular weight is 420 g/mol. The number of aromatic nitrogens is 2. The third-order valence-corrected chi connectivity index (χ3v) is 4.73. The molecule has 2 heterocycles. The molecule has 1 amide bonds. The molecule has 7 nitrogen and oxygen atoms in total. The van der Waals surface area contributed by atoms with Gasteiger partial charge in [-0.05, 0) is 51.0 Å². The number of benzene rings is 1. The fraction of sp³-hybridized carbons (Fsp3) is 0.476. The molecular formula is C21H26F2N4O3. The zero-order valence-electron chi connectivity index (χ0n) is 17.2. The molecule has 0 saturated heterocycles. The van der Waals surface area contributed by atoms with E-state index >= 15 is 0 Å². The van der Waals surface area contributed by atoms with Gasteiger partial charge in [0.2, 0.25) is 0 Å². The molecule has 0 radical (unpaired) electrons. The van der Waals surface area contributed by atoms with Crippen LogP contribution in [0.15, 0.2) is 30.6 Å². The number of nitrogens with one attached hydrogen (secondary N) is 2. The third-order valence-electron chi connectivity index (χ3n) is 4.73. The van der Waals surface area contributed by atoms with Crippen molar-refractivity contribution in [3.63, 3.8) is 0 Å². The number of carbonyl (C=O) groups excluding carboxylic acids is 2. The van der Waals surface area contributed by atoms with Crippen LogP contribution in [0.3, 0.4) is 0 Å². The van der Waals surface area contributed by atoms with Gasteiger partial charge in [-0.3, -0.25) is 10.1 Å². The van der Waals surface area contributed by atoms with Crippen molar-refractivity contribution >= 4 is 11.9 Å². The quantitative estimate of drug-likeness (QED) is 0.751. The molecule has 0 saturated carbocycles. The van der Waals surface area contributed by atoms with Crippen molar-refractivity contribution in [3.05, 3.63) is 53.6 Å². The summed E-state index contributed by atoms with van der Waals surface area (Å²) in [7, 11) is 0. The lowest BCUT2D eigenvalue weighted by Gasteiger charge is -2.27. The normalized spacial score (nSPS) is 17.2. The Balaban J connectivity index is 1.72. The van der Waals surface area contributed by atoms with Crippen molar-refractivity contribution in [2.24, 2.45) is 0 Å². The van der Waals surface area contributed by atoms with Gasteiger partial charge in [-0.25, -0.2) is 18.6 Å². The molecule has 0 spiro atoms. The molecule has 0 aliphatic carbocycles. The van der Waals surface area contributed by atoms with Crippen LogP contribution in [0.1, 0.15) is 38.6 Å². The molecular weight excluding hydrogens is 394 g/mol. The second-order valence-electron chi connectivity index (χ2n) is 8.39. The Morgan fingerprint density at radius 1 is 1.37 bits per heavy atom. The standard InChI is InChI=1S/C21H26F2N4O3/c1-21(2,3)30-20(29)26-15(9-13-8-14(22)4-5-16(13)23)10-18(28)17-11-19-24-6-7-27(19)12-25-17/h4-8,15,17,25H,9-12H2,1-3H3,(H,26,29)/t15-,17?/m1/s1. The second kappa shape index (κ2) is 8.91. The van der Waals surface area contributed by atoms with Gasteiger partial charge in [-0.1, -0.05) is 0 Å². The zero-order valence-corrected chi connectivity index (χ0v) is 17.2. The summed E-state index contributed by atoms with van der Waals surface area (Å²) < 4.78 is 34.9. The van der Waals surface area contributed by atoms with Gasteiger partial charge in [-0.15, -0.1) is 0 Å². The van der Waals surface area contributed by atoms with Crippen LogP contribution in [0.2, 0.25) is 0 Å². The highest BCUT2D eigenvalue weighted by Crippen LogP contribution is 2.17. The summed E-state index contributed by atoms with van der Waals surface area (Å²) in [6.07, 6.45) is 3.08. The lowest BCUT2D eigenvalue weighted by molar-refractivity contribution is -0.122. The van der Waals surface area contributed by atoms with E-state index in [1.165, 1.54) is 0 Å². The van der Waals surface area contributed by atoms with E-state index in [2.05, 4.69) is 15.6 Å². The van der Waals surface area contributed by atoms with E-state index in [0.717, 1.165) is 24.0 Å². The van der Waals surface area contributed by atoms with Crippen molar-refractivity contribution in [2.45, 2.75) is 64.4 Å². The number of nitrogens with zero attached hydrogens (tertiary/aromatic N) is 2. The highest BCUT2D eigenvalue weighted by molar-refractivity contribution is 5.85. The summed E-state index contributed by atoms with van der Waals surface area (Å²) in [6.45, 7) is 5.60. The van der Waals surface area contributed by atoms with Gasteiger partial charge in [0, 0.05) is 31.3 Å². The predicted octanol–water partition coefficient (Wildman–Crippen LogP) is 2.73. The summed E-state index contributed by atoms with van der Waals surface area (Å²) in [6, 6.07) is 1.89. The number of ether oxygens (including phenoxy) is 1. The molecule has 2 aromatic rings. The number of hydrogen-bond acceptors (Lipinski definition) is 5. The van der Waals surface area contributed by atoms with Crippen LogP contribution < -0.4 is 10.6 Å². The SMILES string of the molecule is CC(C)(C)OC(=O)N[C@@H](CC(=O)C1Cc2nccn2CN1)Cc1cc(F)ccc1F. The third kappa shape index (κ3) is 5.85. The Labute approximate surface area is 173 Å². The predicted molar refractivity (Wildman–Crippen MR) is 106 cm³/mol. The Kier molecular flexibility index (Phi) is 6.50. The maximum absolute atomic E-state index is 14.1. The molecule has 3 rings (SSSR count). The number of alkyl carbamates (subject to hydrolysis) is 1. The van der Waals surface area contributed by atoms with Gasteiger partial charge in [0.15, 0.2) is 5.78 Å². The number of Topliss-reactive ketones (excluding diaryl/α,β-unsaturated/α-hetero) is 1. The number of hydrogen-bond donors (Lipinski definition) is 2. The minimum absolute atomic E-state index is 0.0457. The van der Waals surface area contributed by atoms with Crippen LogP contribution in [0.25, 0.3) is 0 Å². The first-order valence-corrected chi connectivity index (χ1v) is 9.80. The largest absolute Gasteiger partial charge is 0.444 e. The fourth-order valence-electron chi connectivity index (χ4n) is 3.36. The van der Waals surface area contributed by atoms with E-state index in [0.29, 0.717) is 13.1 Å². The van der Waals surface area contributed by atoms with Crippen LogP contribution in [0.4, 0.5) is 13.6 Å². The Hall–Kier alpha value is -2.81. The summed E-state index contributed by atoms with van der Waals surface area (Å²) in [5.74, 6) is -0.547. The first-order valence-electron chi connectivity index (χ1n) is 9.80. The molecule has 162 valence electrons. The number of halogens is 2. The second-order valence-corrected chi connectivity index (χ2v) is 8.39.